The van der Waals surface area contributed by atoms with Crippen LogP contribution in [-0.2, 0) is 19.6 Å². The zero-order valence-corrected chi connectivity index (χ0v) is 25.9. The van der Waals surface area contributed by atoms with Gasteiger partial charge in [-0.05, 0) is 48.7 Å². The van der Waals surface area contributed by atoms with E-state index in [2.05, 4.69) is 4.74 Å². The topological polar surface area (TPSA) is 115 Å². The standard InChI is InChI=1S/C29H34F6N2O8S/c1-4-9-37(46(40,41)17(2)43-15-28(31,32)29(33,34)35)11-10-36-14-20(18-5-8-23-24(13-18)45-16-44-23)25(27(38)39)26(36)19-6-7-22(42-3)21(30)12-19/h5-8,12-13,17,20,25-26H,4,9-11,14-16H2,1-3H3,(H,38,39). The molecule has 1 saturated heterocycles. The van der Waals surface area contributed by atoms with Gasteiger partial charge in [-0.1, -0.05) is 19.1 Å². The zero-order chi connectivity index (χ0) is 34.0. The number of hydrogen-bond donors (Lipinski definition) is 1. The number of methoxy groups -OCH3 is 1. The SMILES string of the molecule is CCCN(CCN1CC(c2ccc3c(c2)OCO3)C(C(=O)O)C1c1ccc(OC)c(F)c1)S(=O)(=O)C(C)OCC(F)(F)C(F)(F)F. The first-order valence-electron chi connectivity index (χ1n) is 14.3. The number of sulfonamides is 1. The molecule has 2 aliphatic heterocycles. The Kier molecular flexibility index (Phi) is 10.7. The predicted molar refractivity (Wildman–Crippen MR) is 151 cm³/mol. The number of carboxylic acid groups (broad SMARTS) is 1. The van der Waals surface area contributed by atoms with Gasteiger partial charge in [0.05, 0.1) is 13.0 Å². The van der Waals surface area contributed by atoms with Gasteiger partial charge < -0.3 is 24.1 Å². The van der Waals surface area contributed by atoms with Crippen LogP contribution >= 0.6 is 0 Å². The molecule has 17 heteroatoms. The number of fused-ring (bicyclic) bond motifs is 1. The molecular weight excluding hydrogens is 650 g/mol. The maximum Gasteiger partial charge on any atom is 0.455 e. The summed E-state index contributed by atoms with van der Waals surface area (Å²) in [5, 5.41) is 10.4. The second kappa shape index (κ2) is 13.8. The van der Waals surface area contributed by atoms with Crippen LogP contribution in [0.4, 0.5) is 26.3 Å². The quantitative estimate of drug-likeness (QED) is 0.275. The molecule has 1 fully saturated rings. The van der Waals surface area contributed by atoms with Gasteiger partial charge in [0.2, 0.25) is 16.8 Å². The highest BCUT2D eigenvalue weighted by Crippen LogP contribution is 2.48. The Morgan fingerprint density at radius 1 is 1.09 bits per heavy atom. The monoisotopic (exact) mass is 684 g/mol. The lowest BCUT2D eigenvalue weighted by atomic mass is 9.82. The molecular formula is C29H34F6N2O8S. The number of carboxylic acids is 1. The van der Waals surface area contributed by atoms with Crippen molar-refractivity contribution >= 4 is 16.0 Å². The summed E-state index contributed by atoms with van der Waals surface area (Å²) in [4.78, 5) is 14.5. The average Bonchev–Trinajstić information content (AvgIpc) is 3.61. The van der Waals surface area contributed by atoms with Gasteiger partial charge in [0.15, 0.2) is 28.5 Å². The van der Waals surface area contributed by atoms with Crippen LogP contribution in [0.15, 0.2) is 36.4 Å². The van der Waals surface area contributed by atoms with Gasteiger partial charge in [-0.25, -0.2) is 12.8 Å². The molecule has 1 N–H and O–H groups in total. The van der Waals surface area contributed by atoms with Crippen molar-refractivity contribution in [3.05, 3.63) is 53.3 Å². The summed E-state index contributed by atoms with van der Waals surface area (Å²) in [7, 11) is -3.29. The van der Waals surface area contributed by atoms with Crippen LogP contribution in [0.25, 0.3) is 0 Å². The van der Waals surface area contributed by atoms with E-state index in [9.17, 15) is 44.7 Å². The number of benzene rings is 2. The van der Waals surface area contributed by atoms with Gasteiger partial charge >= 0.3 is 18.1 Å². The maximum atomic E-state index is 14.9. The van der Waals surface area contributed by atoms with Crippen LogP contribution in [0.2, 0.25) is 0 Å². The van der Waals surface area contributed by atoms with Gasteiger partial charge in [-0.3, -0.25) is 9.69 Å². The first kappa shape index (κ1) is 35.6. The Bertz CT molecular complexity index is 1510. The van der Waals surface area contributed by atoms with E-state index in [0.717, 1.165) is 17.3 Å². The number of aliphatic carboxylic acids is 1. The van der Waals surface area contributed by atoms with E-state index in [1.165, 1.54) is 19.2 Å². The number of ether oxygens (including phenoxy) is 4. The molecule has 10 nitrogen and oxygen atoms in total. The van der Waals surface area contributed by atoms with E-state index in [4.69, 9.17) is 14.2 Å². The Morgan fingerprint density at radius 2 is 1.76 bits per heavy atom. The predicted octanol–water partition coefficient (Wildman–Crippen LogP) is 5.01. The van der Waals surface area contributed by atoms with Crippen molar-refractivity contribution in [3.8, 4) is 17.2 Å². The number of alkyl halides is 5. The molecule has 2 heterocycles. The van der Waals surface area contributed by atoms with E-state index < -0.39 is 63.8 Å². The lowest BCUT2D eigenvalue weighted by molar-refractivity contribution is -0.297. The van der Waals surface area contributed by atoms with E-state index in [1.54, 1.807) is 30.0 Å². The molecule has 4 rings (SSSR count). The van der Waals surface area contributed by atoms with Crippen molar-refractivity contribution in [2.75, 3.05) is 46.7 Å². The van der Waals surface area contributed by atoms with Crippen molar-refractivity contribution in [3.63, 3.8) is 0 Å². The summed E-state index contributed by atoms with van der Waals surface area (Å²) in [6.07, 6.45) is -5.67. The second-order valence-corrected chi connectivity index (χ2v) is 13.2. The smallest absolute Gasteiger partial charge is 0.455 e. The second-order valence-electron chi connectivity index (χ2n) is 10.9. The first-order chi connectivity index (χ1) is 21.5. The average molecular weight is 685 g/mol. The normalized spacial score (nSPS) is 21.1. The number of hydrogen-bond acceptors (Lipinski definition) is 8. The fourth-order valence-corrected chi connectivity index (χ4v) is 7.09. The Balaban J connectivity index is 1.64. The minimum absolute atomic E-state index is 0.0105. The molecule has 46 heavy (non-hydrogen) atoms. The summed E-state index contributed by atoms with van der Waals surface area (Å²) in [5.74, 6) is -8.21. The largest absolute Gasteiger partial charge is 0.494 e. The third-order valence-corrected chi connectivity index (χ3v) is 10.1. The first-order valence-corrected chi connectivity index (χ1v) is 15.8. The van der Waals surface area contributed by atoms with Crippen LogP contribution in [-0.4, -0.2) is 92.9 Å². The molecule has 0 spiro atoms. The molecule has 0 aromatic heterocycles. The summed E-state index contributed by atoms with van der Waals surface area (Å²) >= 11 is 0. The highest BCUT2D eigenvalue weighted by molar-refractivity contribution is 7.89. The highest BCUT2D eigenvalue weighted by atomic mass is 32.2. The summed E-state index contributed by atoms with van der Waals surface area (Å²) in [6, 6.07) is 8.02. The van der Waals surface area contributed by atoms with Crippen molar-refractivity contribution in [2.24, 2.45) is 5.92 Å². The Morgan fingerprint density at radius 3 is 2.37 bits per heavy atom. The number of nitrogens with zero attached hydrogens (tertiary/aromatic N) is 2. The van der Waals surface area contributed by atoms with Crippen LogP contribution in [0.1, 0.15) is 43.4 Å². The third-order valence-electron chi connectivity index (χ3n) is 8.03. The van der Waals surface area contributed by atoms with E-state index >= 15 is 0 Å². The minimum atomic E-state index is -5.93. The summed E-state index contributed by atoms with van der Waals surface area (Å²) in [5.41, 5.74) is -1.18. The molecule has 0 amide bonds. The van der Waals surface area contributed by atoms with Crippen LogP contribution < -0.4 is 14.2 Å². The van der Waals surface area contributed by atoms with E-state index in [1.807, 2.05) is 0 Å². The van der Waals surface area contributed by atoms with Crippen LogP contribution in [0.3, 0.4) is 0 Å². The van der Waals surface area contributed by atoms with Gasteiger partial charge in [-0.2, -0.15) is 26.3 Å². The van der Waals surface area contributed by atoms with Crippen molar-refractivity contribution in [1.82, 2.24) is 9.21 Å². The van der Waals surface area contributed by atoms with Gasteiger partial charge in [0, 0.05) is 38.1 Å². The van der Waals surface area contributed by atoms with Crippen LogP contribution in [0.5, 0.6) is 17.2 Å². The molecule has 2 aromatic rings. The number of carbonyl (C=O) groups is 1. The molecule has 256 valence electrons. The van der Waals surface area contributed by atoms with Crippen molar-refractivity contribution in [2.45, 2.75) is 49.8 Å². The molecule has 2 aromatic carbocycles. The molecule has 4 unspecified atom stereocenters. The molecule has 2 aliphatic rings. The number of halogens is 6. The maximum absolute atomic E-state index is 14.9. The number of rotatable bonds is 14. The number of likely N-dealkylation sites (tertiary alicyclic amines) is 1. The lowest BCUT2D eigenvalue weighted by Gasteiger charge is -2.31. The van der Waals surface area contributed by atoms with Crippen molar-refractivity contribution in [1.29, 1.82) is 0 Å². The molecule has 0 radical (unpaired) electrons. The lowest BCUT2D eigenvalue weighted by Crippen LogP contribution is -2.46. The fourth-order valence-electron chi connectivity index (χ4n) is 5.66. The van der Waals surface area contributed by atoms with Gasteiger partial charge in [0.25, 0.3) is 0 Å². The Hall–Kier alpha value is -3.28. The van der Waals surface area contributed by atoms with Crippen molar-refractivity contribution < 1.29 is 63.6 Å². The molecule has 0 saturated carbocycles. The molecule has 0 aliphatic carbocycles. The van der Waals surface area contributed by atoms with E-state index in [-0.39, 0.29) is 50.7 Å². The van der Waals surface area contributed by atoms with Crippen LogP contribution in [0, 0.1) is 11.7 Å². The summed E-state index contributed by atoms with van der Waals surface area (Å²) in [6.45, 7) is -0.147. The zero-order valence-electron chi connectivity index (χ0n) is 25.1. The highest BCUT2D eigenvalue weighted by Gasteiger charge is 2.58. The minimum Gasteiger partial charge on any atom is -0.494 e. The fraction of sp³-hybridized carbons (Fsp3) is 0.552. The Labute approximate surface area is 261 Å². The molecule has 0 bridgehead atoms. The third kappa shape index (κ3) is 7.31. The molecule has 4 atom stereocenters. The summed E-state index contributed by atoms with van der Waals surface area (Å²) < 4.78 is 127. The van der Waals surface area contributed by atoms with Gasteiger partial charge in [0.1, 0.15) is 6.61 Å². The van der Waals surface area contributed by atoms with Gasteiger partial charge in [-0.15, -0.1) is 0 Å². The van der Waals surface area contributed by atoms with E-state index in [0.29, 0.717) is 17.1 Å².